The lowest BCUT2D eigenvalue weighted by Gasteiger charge is -1.99. The van der Waals surface area contributed by atoms with Crippen LogP contribution in [0.5, 0.6) is 0 Å². The molecule has 1 nitrogen and oxygen atoms in total. The number of alkyl halides is 1. The molecule has 1 aromatic rings. The van der Waals surface area contributed by atoms with Gasteiger partial charge in [-0.3, -0.25) is 0 Å². The van der Waals surface area contributed by atoms with Crippen molar-refractivity contribution in [1.29, 1.82) is 0 Å². The Bertz CT molecular complexity index is 250. The van der Waals surface area contributed by atoms with E-state index in [0.717, 1.165) is 0 Å². The monoisotopic (exact) mass is 174 g/mol. The van der Waals surface area contributed by atoms with Crippen LogP contribution in [0, 0.1) is 5.82 Å². The Labute approximate surface area is 69.4 Å². The second-order valence-corrected chi connectivity index (χ2v) is 2.48. The van der Waals surface area contributed by atoms with Crippen molar-refractivity contribution in [2.24, 2.45) is 0 Å². The summed E-state index contributed by atoms with van der Waals surface area (Å²) in [5.74, 6) is -0.191. The first-order chi connectivity index (χ1) is 5.27. The Balaban J connectivity index is 2.99. The van der Waals surface area contributed by atoms with Crippen LogP contribution in [0.4, 0.5) is 4.39 Å². The Kier molecular flexibility index (Phi) is 2.85. The predicted molar refractivity (Wildman–Crippen MR) is 41.9 cm³/mol. The minimum absolute atomic E-state index is 0.139. The summed E-state index contributed by atoms with van der Waals surface area (Å²) in [6.07, 6.45) is 0. The van der Waals surface area contributed by atoms with Crippen molar-refractivity contribution >= 4 is 11.6 Å². The summed E-state index contributed by atoms with van der Waals surface area (Å²) in [7, 11) is 0. The maximum atomic E-state index is 12.8. The van der Waals surface area contributed by atoms with Crippen LogP contribution in [0.1, 0.15) is 11.1 Å². The molecule has 0 unspecified atom stereocenters. The third kappa shape index (κ3) is 1.91. The number of halogens is 2. The average molecular weight is 175 g/mol. The molecular formula is C8H8ClFO. The minimum atomic E-state index is -0.355. The van der Waals surface area contributed by atoms with E-state index in [-0.39, 0.29) is 18.3 Å². The Morgan fingerprint density at radius 1 is 1.45 bits per heavy atom. The van der Waals surface area contributed by atoms with E-state index in [0.29, 0.717) is 11.1 Å². The van der Waals surface area contributed by atoms with E-state index in [9.17, 15) is 4.39 Å². The van der Waals surface area contributed by atoms with Crippen LogP contribution in [-0.2, 0) is 12.5 Å². The molecule has 60 valence electrons. The van der Waals surface area contributed by atoms with E-state index in [1.165, 1.54) is 6.07 Å². The molecule has 1 aromatic carbocycles. The van der Waals surface area contributed by atoms with Gasteiger partial charge in [0.2, 0.25) is 0 Å². The second kappa shape index (κ2) is 3.69. The molecule has 0 aliphatic carbocycles. The van der Waals surface area contributed by atoms with Crippen molar-refractivity contribution in [3.8, 4) is 0 Å². The van der Waals surface area contributed by atoms with Gasteiger partial charge in [-0.25, -0.2) is 4.39 Å². The summed E-state index contributed by atoms with van der Waals surface area (Å²) in [5.41, 5.74) is 1.03. The van der Waals surface area contributed by atoms with E-state index in [2.05, 4.69) is 0 Å². The van der Waals surface area contributed by atoms with E-state index < -0.39 is 0 Å². The number of hydrogen-bond acceptors (Lipinski definition) is 1. The quantitative estimate of drug-likeness (QED) is 0.681. The summed E-state index contributed by atoms with van der Waals surface area (Å²) >= 11 is 5.43. The van der Waals surface area contributed by atoms with Crippen molar-refractivity contribution in [2.45, 2.75) is 12.5 Å². The zero-order chi connectivity index (χ0) is 8.27. The summed E-state index contributed by atoms with van der Waals surface area (Å²) in [5, 5.41) is 8.63. The van der Waals surface area contributed by atoms with Gasteiger partial charge in [-0.05, 0) is 11.6 Å². The zero-order valence-corrected chi connectivity index (χ0v) is 6.61. The normalized spacial score (nSPS) is 10.1. The van der Waals surface area contributed by atoms with Crippen LogP contribution in [0.3, 0.4) is 0 Å². The molecular weight excluding hydrogens is 167 g/mol. The molecule has 0 amide bonds. The molecule has 0 saturated carbocycles. The van der Waals surface area contributed by atoms with Gasteiger partial charge < -0.3 is 5.11 Å². The van der Waals surface area contributed by atoms with Gasteiger partial charge in [0.15, 0.2) is 0 Å². The molecule has 1 rings (SSSR count). The van der Waals surface area contributed by atoms with Gasteiger partial charge in [-0.1, -0.05) is 12.1 Å². The number of rotatable bonds is 2. The molecule has 0 atom stereocenters. The molecule has 0 bridgehead atoms. The SMILES string of the molecule is OCc1ccc(CCl)c(F)c1. The van der Waals surface area contributed by atoms with Crippen molar-refractivity contribution < 1.29 is 9.50 Å². The summed E-state index contributed by atoms with van der Waals surface area (Å²) in [4.78, 5) is 0. The first-order valence-corrected chi connectivity index (χ1v) is 3.75. The maximum absolute atomic E-state index is 12.8. The molecule has 1 N–H and O–H groups in total. The van der Waals surface area contributed by atoms with Gasteiger partial charge in [0.05, 0.1) is 12.5 Å². The maximum Gasteiger partial charge on any atom is 0.127 e. The fraction of sp³-hybridized carbons (Fsp3) is 0.250. The van der Waals surface area contributed by atoms with Gasteiger partial charge in [0.1, 0.15) is 5.82 Å². The number of benzene rings is 1. The smallest absolute Gasteiger partial charge is 0.127 e. The van der Waals surface area contributed by atoms with Crippen LogP contribution in [-0.4, -0.2) is 5.11 Å². The van der Waals surface area contributed by atoms with Crippen LogP contribution >= 0.6 is 11.6 Å². The van der Waals surface area contributed by atoms with Crippen molar-refractivity contribution in [3.63, 3.8) is 0 Å². The minimum Gasteiger partial charge on any atom is -0.392 e. The average Bonchev–Trinajstić information content (AvgIpc) is 2.04. The highest BCUT2D eigenvalue weighted by atomic mass is 35.5. The number of aliphatic hydroxyl groups excluding tert-OH is 1. The molecule has 11 heavy (non-hydrogen) atoms. The van der Waals surface area contributed by atoms with Crippen LogP contribution in [0.15, 0.2) is 18.2 Å². The highest BCUT2D eigenvalue weighted by Crippen LogP contribution is 2.12. The highest BCUT2D eigenvalue weighted by molar-refractivity contribution is 6.17. The lowest BCUT2D eigenvalue weighted by Crippen LogP contribution is -1.89. The van der Waals surface area contributed by atoms with Crippen LogP contribution < -0.4 is 0 Å². The Morgan fingerprint density at radius 3 is 2.64 bits per heavy atom. The van der Waals surface area contributed by atoms with Gasteiger partial charge in [-0.2, -0.15) is 0 Å². The van der Waals surface area contributed by atoms with Gasteiger partial charge >= 0.3 is 0 Å². The molecule has 0 heterocycles. The fourth-order valence-corrected chi connectivity index (χ4v) is 1.01. The largest absolute Gasteiger partial charge is 0.392 e. The first-order valence-electron chi connectivity index (χ1n) is 3.22. The fourth-order valence-electron chi connectivity index (χ4n) is 0.798. The first kappa shape index (κ1) is 8.50. The summed E-state index contributed by atoms with van der Waals surface area (Å²) in [6.45, 7) is -0.139. The molecule has 0 fully saturated rings. The standard InChI is InChI=1S/C8H8ClFO/c9-4-7-2-1-6(5-11)3-8(7)10/h1-3,11H,4-5H2. The highest BCUT2D eigenvalue weighted by Gasteiger charge is 2.00. The van der Waals surface area contributed by atoms with Gasteiger partial charge in [0, 0.05) is 5.56 Å². The molecule has 0 aliphatic heterocycles. The third-order valence-corrected chi connectivity index (χ3v) is 1.73. The number of aliphatic hydroxyl groups is 1. The lowest BCUT2D eigenvalue weighted by molar-refractivity contribution is 0.281. The molecule has 0 radical (unpaired) electrons. The van der Waals surface area contributed by atoms with Crippen LogP contribution in [0.25, 0.3) is 0 Å². The molecule has 3 heteroatoms. The second-order valence-electron chi connectivity index (χ2n) is 2.22. The van der Waals surface area contributed by atoms with Crippen molar-refractivity contribution in [2.75, 3.05) is 0 Å². The summed E-state index contributed by atoms with van der Waals surface area (Å²) < 4.78 is 12.8. The van der Waals surface area contributed by atoms with Crippen LogP contribution in [0.2, 0.25) is 0 Å². The molecule has 0 aromatic heterocycles. The van der Waals surface area contributed by atoms with E-state index in [4.69, 9.17) is 16.7 Å². The lowest BCUT2D eigenvalue weighted by atomic mass is 10.1. The van der Waals surface area contributed by atoms with E-state index >= 15 is 0 Å². The topological polar surface area (TPSA) is 20.2 Å². The Morgan fingerprint density at radius 2 is 2.18 bits per heavy atom. The summed E-state index contributed by atoms with van der Waals surface area (Å²) in [6, 6.07) is 4.52. The van der Waals surface area contributed by atoms with Crippen molar-refractivity contribution in [3.05, 3.63) is 35.1 Å². The molecule has 0 saturated heterocycles. The van der Waals surface area contributed by atoms with Gasteiger partial charge in [0.25, 0.3) is 0 Å². The zero-order valence-electron chi connectivity index (χ0n) is 5.85. The molecule has 0 spiro atoms. The molecule has 0 aliphatic rings. The predicted octanol–water partition coefficient (Wildman–Crippen LogP) is 2.06. The van der Waals surface area contributed by atoms with E-state index in [1.807, 2.05) is 0 Å². The van der Waals surface area contributed by atoms with Crippen molar-refractivity contribution in [1.82, 2.24) is 0 Å². The van der Waals surface area contributed by atoms with Gasteiger partial charge in [-0.15, -0.1) is 11.6 Å². The Hall–Kier alpha value is -0.600. The number of hydrogen-bond donors (Lipinski definition) is 1. The van der Waals surface area contributed by atoms with E-state index in [1.54, 1.807) is 12.1 Å². The third-order valence-electron chi connectivity index (χ3n) is 1.44.